The second-order valence-electron chi connectivity index (χ2n) is 4.68. The van der Waals surface area contributed by atoms with Gasteiger partial charge in [0, 0.05) is 5.69 Å². The molecule has 0 spiro atoms. The summed E-state index contributed by atoms with van der Waals surface area (Å²) in [5, 5.41) is 8.91. The van der Waals surface area contributed by atoms with E-state index < -0.39 is 6.10 Å². The number of anilines is 1. The normalized spacial score (nSPS) is 19.8. The molecule has 1 atom stereocenters. The number of carbonyl (C=O) groups excluding carboxylic acids is 1. The fourth-order valence-corrected chi connectivity index (χ4v) is 2.46. The van der Waals surface area contributed by atoms with Gasteiger partial charge in [0.15, 0.2) is 6.10 Å². The van der Waals surface area contributed by atoms with E-state index >= 15 is 0 Å². The van der Waals surface area contributed by atoms with Crippen molar-refractivity contribution in [3.8, 4) is 6.07 Å². The number of amides is 1. The summed E-state index contributed by atoms with van der Waals surface area (Å²) in [7, 11) is 0. The molecule has 1 fully saturated rings. The van der Waals surface area contributed by atoms with Gasteiger partial charge in [0.1, 0.15) is 6.61 Å². The molecule has 1 aliphatic rings. The van der Waals surface area contributed by atoms with E-state index in [9.17, 15) is 4.79 Å². The molecule has 4 heteroatoms. The zero-order chi connectivity index (χ0) is 13.3. The van der Waals surface area contributed by atoms with Crippen LogP contribution in [0.5, 0.6) is 0 Å². The van der Waals surface area contributed by atoms with Gasteiger partial charge in [-0.25, -0.2) is 0 Å². The number of ether oxygens (including phenoxy) is 1. The van der Waals surface area contributed by atoms with Crippen LogP contribution in [0.15, 0.2) is 12.1 Å². The molecule has 0 N–H and O–H groups in total. The first-order valence-corrected chi connectivity index (χ1v) is 5.92. The van der Waals surface area contributed by atoms with Crippen LogP contribution in [0.3, 0.4) is 0 Å². The second-order valence-corrected chi connectivity index (χ2v) is 4.68. The van der Waals surface area contributed by atoms with Gasteiger partial charge in [-0.3, -0.25) is 4.79 Å². The molecule has 1 aromatic rings. The Hall–Kier alpha value is -1.86. The van der Waals surface area contributed by atoms with E-state index in [-0.39, 0.29) is 12.5 Å². The van der Waals surface area contributed by atoms with Gasteiger partial charge < -0.3 is 9.64 Å². The molecule has 0 saturated carbocycles. The molecule has 2 rings (SSSR count). The highest BCUT2D eigenvalue weighted by Crippen LogP contribution is 2.28. The molecule has 0 aromatic heterocycles. The predicted octanol–water partition coefficient (Wildman–Crippen LogP) is 1.87. The van der Waals surface area contributed by atoms with Crippen molar-refractivity contribution in [1.29, 1.82) is 5.26 Å². The van der Waals surface area contributed by atoms with Crippen LogP contribution in [0.25, 0.3) is 0 Å². The van der Waals surface area contributed by atoms with E-state index in [0.717, 1.165) is 16.8 Å². The van der Waals surface area contributed by atoms with Crippen molar-refractivity contribution in [3.05, 3.63) is 28.8 Å². The van der Waals surface area contributed by atoms with Crippen LogP contribution in [0.4, 0.5) is 5.69 Å². The lowest BCUT2D eigenvalue weighted by Gasteiger charge is -2.32. The van der Waals surface area contributed by atoms with E-state index in [1.165, 1.54) is 5.56 Å². The number of hydrogen-bond acceptors (Lipinski definition) is 3. The van der Waals surface area contributed by atoms with Gasteiger partial charge in [0.05, 0.1) is 12.6 Å². The Morgan fingerprint density at radius 1 is 1.33 bits per heavy atom. The Balaban J connectivity index is 2.41. The summed E-state index contributed by atoms with van der Waals surface area (Å²) in [6.07, 6.45) is -0.539. The number of nitrogens with zero attached hydrogens (tertiary/aromatic N) is 2. The van der Waals surface area contributed by atoms with Gasteiger partial charge in [-0.15, -0.1) is 0 Å². The summed E-state index contributed by atoms with van der Waals surface area (Å²) in [5.74, 6) is -0.0865. The summed E-state index contributed by atoms with van der Waals surface area (Å²) in [5.41, 5.74) is 4.19. The van der Waals surface area contributed by atoms with Crippen molar-refractivity contribution >= 4 is 11.6 Å². The topological polar surface area (TPSA) is 53.3 Å². The summed E-state index contributed by atoms with van der Waals surface area (Å²) >= 11 is 0. The minimum Gasteiger partial charge on any atom is -0.352 e. The fourth-order valence-electron chi connectivity index (χ4n) is 2.46. The Bertz CT molecular complexity index is 508. The van der Waals surface area contributed by atoms with Crippen molar-refractivity contribution in [2.24, 2.45) is 0 Å². The average molecular weight is 244 g/mol. The molecular weight excluding hydrogens is 228 g/mol. The molecule has 1 aromatic carbocycles. The number of morpholine rings is 1. The average Bonchev–Trinajstić information content (AvgIpc) is 2.30. The largest absolute Gasteiger partial charge is 0.352 e. The lowest BCUT2D eigenvalue weighted by molar-refractivity contribution is -0.127. The van der Waals surface area contributed by atoms with E-state index in [2.05, 4.69) is 6.07 Å². The zero-order valence-electron chi connectivity index (χ0n) is 10.9. The van der Waals surface area contributed by atoms with E-state index in [4.69, 9.17) is 10.00 Å². The summed E-state index contributed by atoms with van der Waals surface area (Å²) < 4.78 is 5.14. The molecule has 94 valence electrons. The standard InChI is InChI=1S/C14H16N2O2/c1-9-4-10(2)14(11(3)5-9)16-7-12(6-15)18-8-13(16)17/h4-5,12H,7-8H2,1-3H3. The Morgan fingerprint density at radius 2 is 1.94 bits per heavy atom. The highest BCUT2D eigenvalue weighted by Gasteiger charge is 2.29. The quantitative estimate of drug-likeness (QED) is 0.757. The smallest absolute Gasteiger partial charge is 0.253 e. The minimum atomic E-state index is -0.539. The molecular formula is C14H16N2O2. The Kier molecular flexibility index (Phi) is 3.35. The maximum absolute atomic E-state index is 11.9. The van der Waals surface area contributed by atoms with Crippen LogP contribution in [0, 0.1) is 32.1 Å². The fraction of sp³-hybridized carbons (Fsp3) is 0.429. The number of carbonyl (C=O) groups is 1. The molecule has 18 heavy (non-hydrogen) atoms. The monoisotopic (exact) mass is 244 g/mol. The van der Waals surface area contributed by atoms with Crippen LogP contribution in [0.1, 0.15) is 16.7 Å². The molecule has 1 heterocycles. The maximum Gasteiger partial charge on any atom is 0.253 e. The van der Waals surface area contributed by atoms with Crippen molar-refractivity contribution < 1.29 is 9.53 Å². The third-order valence-corrected chi connectivity index (χ3v) is 3.11. The van der Waals surface area contributed by atoms with Gasteiger partial charge >= 0.3 is 0 Å². The highest BCUT2D eigenvalue weighted by molar-refractivity contribution is 5.96. The van der Waals surface area contributed by atoms with Gasteiger partial charge in [-0.05, 0) is 31.9 Å². The molecule has 1 unspecified atom stereocenters. The zero-order valence-corrected chi connectivity index (χ0v) is 10.9. The summed E-state index contributed by atoms with van der Waals surface area (Å²) in [6, 6.07) is 6.15. The Morgan fingerprint density at radius 3 is 2.50 bits per heavy atom. The minimum absolute atomic E-state index is 0.0228. The first-order chi connectivity index (χ1) is 8.52. The number of hydrogen-bond donors (Lipinski definition) is 0. The van der Waals surface area contributed by atoms with Gasteiger partial charge in [0.2, 0.25) is 0 Å². The van der Waals surface area contributed by atoms with Gasteiger partial charge in [-0.1, -0.05) is 17.7 Å². The number of rotatable bonds is 1. The first kappa shape index (κ1) is 12.6. The second kappa shape index (κ2) is 4.79. The van der Waals surface area contributed by atoms with E-state index in [1.54, 1.807) is 4.90 Å². The number of benzene rings is 1. The van der Waals surface area contributed by atoms with Crippen molar-refractivity contribution in [3.63, 3.8) is 0 Å². The summed E-state index contributed by atoms with van der Waals surface area (Å²) in [6.45, 7) is 6.28. The number of aryl methyl sites for hydroxylation is 3. The maximum atomic E-state index is 11.9. The highest BCUT2D eigenvalue weighted by atomic mass is 16.5. The SMILES string of the molecule is Cc1cc(C)c(N2CC(C#N)OCC2=O)c(C)c1. The molecule has 0 bridgehead atoms. The van der Waals surface area contributed by atoms with Crippen LogP contribution in [-0.2, 0) is 9.53 Å². The van der Waals surface area contributed by atoms with Crippen LogP contribution < -0.4 is 4.90 Å². The van der Waals surface area contributed by atoms with Crippen LogP contribution in [0.2, 0.25) is 0 Å². The van der Waals surface area contributed by atoms with Crippen LogP contribution >= 0.6 is 0 Å². The molecule has 1 amide bonds. The van der Waals surface area contributed by atoms with Crippen molar-refractivity contribution in [1.82, 2.24) is 0 Å². The molecule has 1 saturated heterocycles. The van der Waals surface area contributed by atoms with Crippen LogP contribution in [-0.4, -0.2) is 25.2 Å². The third kappa shape index (κ3) is 2.22. The molecule has 0 radical (unpaired) electrons. The number of nitriles is 1. The van der Waals surface area contributed by atoms with Gasteiger partial charge in [-0.2, -0.15) is 5.26 Å². The molecule has 0 aliphatic carbocycles. The summed E-state index contributed by atoms with van der Waals surface area (Å²) in [4.78, 5) is 13.6. The molecule has 1 aliphatic heterocycles. The lowest BCUT2D eigenvalue weighted by Crippen LogP contribution is -2.46. The first-order valence-electron chi connectivity index (χ1n) is 5.92. The Labute approximate surface area is 107 Å². The van der Waals surface area contributed by atoms with E-state index in [0.29, 0.717) is 6.54 Å². The lowest BCUT2D eigenvalue weighted by atomic mass is 10.0. The molecule has 4 nitrogen and oxygen atoms in total. The van der Waals surface area contributed by atoms with E-state index in [1.807, 2.05) is 32.9 Å². The third-order valence-electron chi connectivity index (χ3n) is 3.11. The predicted molar refractivity (Wildman–Crippen MR) is 68.4 cm³/mol. The van der Waals surface area contributed by atoms with Crippen molar-refractivity contribution in [2.45, 2.75) is 26.9 Å². The van der Waals surface area contributed by atoms with Gasteiger partial charge in [0.25, 0.3) is 5.91 Å². The van der Waals surface area contributed by atoms with Crippen molar-refractivity contribution in [2.75, 3.05) is 18.1 Å².